The average Bonchev–Trinajstić information content (AvgIpc) is 2.63. The van der Waals surface area contributed by atoms with Crippen LogP contribution in [0.1, 0.15) is 16.7 Å². The molecule has 1 heterocycles. The number of nitrogens with zero attached hydrogens (tertiary/aromatic N) is 1. The third-order valence-electron chi connectivity index (χ3n) is 4.33. The fraction of sp³-hybridized carbons (Fsp3) is 0.190. The van der Waals surface area contributed by atoms with Gasteiger partial charge in [-0.05, 0) is 76.8 Å². The molecule has 0 radical (unpaired) electrons. The van der Waals surface area contributed by atoms with Gasteiger partial charge in [-0.15, -0.1) is 0 Å². The molecule has 1 aliphatic heterocycles. The number of hydrogen-bond donors (Lipinski definition) is 1. The number of imide groups is 2. The molecule has 0 aliphatic carbocycles. The van der Waals surface area contributed by atoms with Crippen molar-refractivity contribution in [1.29, 1.82) is 0 Å². The van der Waals surface area contributed by atoms with Crippen LogP contribution < -0.4 is 19.7 Å². The number of urea groups is 1. The number of halogens is 1. The summed E-state index contributed by atoms with van der Waals surface area (Å²) in [5, 5.41) is 2.22. The Kier molecular flexibility index (Phi) is 5.74. The number of ether oxygens (including phenoxy) is 2. The topological polar surface area (TPSA) is 84.9 Å². The maximum Gasteiger partial charge on any atom is 0.335 e. The second-order valence-electron chi connectivity index (χ2n) is 6.54. The summed E-state index contributed by atoms with van der Waals surface area (Å²) in [4.78, 5) is 38.8. The Balaban J connectivity index is 2.07. The van der Waals surface area contributed by atoms with Crippen molar-refractivity contribution in [2.45, 2.75) is 13.8 Å². The number of rotatable bonds is 4. The van der Waals surface area contributed by atoms with Crippen LogP contribution in [0.3, 0.4) is 0 Å². The lowest BCUT2D eigenvalue weighted by Crippen LogP contribution is -2.54. The average molecular weight is 459 g/mol. The summed E-state index contributed by atoms with van der Waals surface area (Å²) in [6.45, 7) is 3.73. The summed E-state index contributed by atoms with van der Waals surface area (Å²) < 4.78 is 11.2. The summed E-state index contributed by atoms with van der Waals surface area (Å²) in [5.41, 5.74) is 2.56. The second kappa shape index (κ2) is 8.08. The number of anilines is 1. The largest absolute Gasteiger partial charge is 0.493 e. The molecule has 0 aromatic heterocycles. The van der Waals surface area contributed by atoms with Crippen LogP contribution >= 0.6 is 15.9 Å². The fourth-order valence-corrected chi connectivity index (χ4v) is 3.78. The molecule has 1 fully saturated rings. The van der Waals surface area contributed by atoms with Crippen molar-refractivity contribution in [3.63, 3.8) is 0 Å². The molecule has 0 bridgehead atoms. The van der Waals surface area contributed by atoms with E-state index in [1.165, 1.54) is 20.3 Å². The number of carbonyl (C=O) groups excluding carboxylic acids is 3. The number of aryl methyl sites for hydroxylation is 2. The lowest BCUT2D eigenvalue weighted by molar-refractivity contribution is -0.122. The van der Waals surface area contributed by atoms with Crippen molar-refractivity contribution >= 4 is 45.5 Å². The zero-order chi connectivity index (χ0) is 21.3. The molecule has 2 aromatic carbocycles. The van der Waals surface area contributed by atoms with Gasteiger partial charge in [0.15, 0.2) is 11.5 Å². The van der Waals surface area contributed by atoms with E-state index in [4.69, 9.17) is 9.47 Å². The molecule has 1 aliphatic rings. The molecular formula is C21H19BrN2O5. The molecule has 0 spiro atoms. The summed E-state index contributed by atoms with van der Waals surface area (Å²) >= 11 is 3.38. The number of amides is 4. The minimum absolute atomic E-state index is 0.164. The summed E-state index contributed by atoms with van der Waals surface area (Å²) in [6.07, 6.45) is 1.41. The highest BCUT2D eigenvalue weighted by Crippen LogP contribution is 2.37. The molecular weight excluding hydrogens is 440 g/mol. The van der Waals surface area contributed by atoms with Crippen molar-refractivity contribution in [3.05, 3.63) is 57.1 Å². The van der Waals surface area contributed by atoms with E-state index >= 15 is 0 Å². The minimum atomic E-state index is -0.782. The predicted molar refractivity (Wildman–Crippen MR) is 112 cm³/mol. The van der Waals surface area contributed by atoms with Crippen molar-refractivity contribution < 1.29 is 23.9 Å². The number of benzene rings is 2. The van der Waals surface area contributed by atoms with E-state index in [9.17, 15) is 14.4 Å². The Hall–Kier alpha value is -3.13. The van der Waals surface area contributed by atoms with Gasteiger partial charge in [-0.2, -0.15) is 0 Å². The van der Waals surface area contributed by atoms with E-state index < -0.39 is 17.8 Å². The van der Waals surface area contributed by atoms with Gasteiger partial charge in [0.1, 0.15) is 5.57 Å². The Bertz CT molecular complexity index is 1040. The van der Waals surface area contributed by atoms with Crippen LogP contribution in [0.2, 0.25) is 0 Å². The molecule has 7 nitrogen and oxygen atoms in total. The van der Waals surface area contributed by atoms with E-state index in [0.29, 0.717) is 27.2 Å². The molecule has 29 heavy (non-hydrogen) atoms. The Morgan fingerprint density at radius 3 is 2.21 bits per heavy atom. The molecule has 1 saturated heterocycles. The first-order valence-electron chi connectivity index (χ1n) is 8.66. The Morgan fingerprint density at radius 2 is 1.62 bits per heavy atom. The standard InChI is InChI=1S/C21H19BrN2O5/c1-11-5-12(2)7-14(6-11)24-20(26)15(19(25)23-21(24)27)8-13-9-16(22)18(29-4)17(10-13)28-3/h5-10H,1-4H3,(H,23,25,27). The van der Waals surface area contributed by atoms with Gasteiger partial charge in [0, 0.05) is 0 Å². The predicted octanol–water partition coefficient (Wildman–Crippen LogP) is 3.75. The summed E-state index contributed by atoms with van der Waals surface area (Å²) in [6, 6.07) is 7.89. The van der Waals surface area contributed by atoms with E-state index in [1.54, 1.807) is 24.3 Å². The highest BCUT2D eigenvalue weighted by molar-refractivity contribution is 9.10. The fourth-order valence-electron chi connectivity index (χ4n) is 3.16. The molecule has 150 valence electrons. The molecule has 4 amide bonds. The van der Waals surface area contributed by atoms with Crippen LogP contribution in [0.5, 0.6) is 11.5 Å². The van der Waals surface area contributed by atoms with Gasteiger partial charge in [0.25, 0.3) is 11.8 Å². The van der Waals surface area contributed by atoms with E-state index in [-0.39, 0.29) is 5.57 Å². The first-order valence-corrected chi connectivity index (χ1v) is 9.45. The summed E-state index contributed by atoms with van der Waals surface area (Å²) in [7, 11) is 2.99. The first kappa shape index (κ1) is 20.6. The van der Waals surface area contributed by atoms with E-state index in [0.717, 1.165) is 16.0 Å². The van der Waals surface area contributed by atoms with E-state index in [2.05, 4.69) is 21.2 Å². The van der Waals surface area contributed by atoms with Crippen molar-refractivity contribution in [3.8, 4) is 11.5 Å². The van der Waals surface area contributed by atoms with Crippen LogP contribution in [0.15, 0.2) is 40.4 Å². The van der Waals surface area contributed by atoms with Crippen LogP contribution in [-0.2, 0) is 9.59 Å². The highest BCUT2D eigenvalue weighted by atomic mass is 79.9. The molecule has 0 saturated carbocycles. The Morgan fingerprint density at radius 1 is 0.966 bits per heavy atom. The molecule has 2 aromatic rings. The molecule has 1 N–H and O–H groups in total. The van der Waals surface area contributed by atoms with Crippen molar-refractivity contribution in [1.82, 2.24) is 5.32 Å². The SMILES string of the molecule is COc1cc(C=C2C(=O)NC(=O)N(c3cc(C)cc(C)c3)C2=O)cc(Br)c1OC. The van der Waals surface area contributed by atoms with Crippen molar-refractivity contribution in [2.24, 2.45) is 0 Å². The number of carbonyl (C=O) groups is 3. The molecule has 3 rings (SSSR count). The molecule has 8 heteroatoms. The molecule has 0 atom stereocenters. The zero-order valence-electron chi connectivity index (χ0n) is 16.3. The summed E-state index contributed by atoms with van der Waals surface area (Å²) in [5.74, 6) is -0.540. The zero-order valence-corrected chi connectivity index (χ0v) is 17.9. The minimum Gasteiger partial charge on any atom is -0.493 e. The smallest absolute Gasteiger partial charge is 0.335 e. The second-order valence-corrected chi connectivity index (χ2v) is 7.40. The third kappa shape index (κ3) is 4.02. The lowest BCUT2D eigenvalue weighted by atomic mass is 10.0. The quantitative estimate of drug-likeness (QED) is 0.556. The van der Waals surface area contributed by atoms with Crippen molar-refractivity contribution in [2.75, 3.05) is 19.1 Å². The number of hydrogen-bond acceptors (Lipinski definition) is 5. The lowest BCUT2D eigenvalue weighted by Gasteiger charge is -2.27. The van der Waals surface area contributed by atoms with Gasteiger partial charge in [-0.1, -0.05) is 6.07 Å². The number of nitrogens with one attached hydrogen (secondary N) is 1. The van der Waals surface area contributed by atoms with Crippen LogP contribution in [0, 0.1) is 13.8 Å². The van der Waals surface area contributed by atoms with Crippen LogP contribution in [-0.4, -0.2) is 32.1 Å². The molecule has 0 unspecified atom stereocenters. The Labute approximate surface area is 176 Å². The number of barbiturate groups is 1. The van der Waals surface area contributed by atoms with Gasteiger partial charge in [0.2, 0.25) is 0 Å². The monoisotopic (exact) mass is 458 g/mol. The van der Waals surface area contributed by atoms with Crippen LogP contribution in [0.25, 0.3) is 6.08 Å². The van der Waals surface area contributed by atoms with E-state index in [1.807, 2.05) is 19.9 Å². The number of methoxy groups -OCH3 is 2. The van der Waals surface area contributed by atoms with Gasteiger partial charge in [-0.3, -0.25) is 14.9 Å². The first-order chi connectivity index (χ1) is 13.7. The third-order valence-corrected chi connectivity index (χ3v) is 4.92. The van der Waals surface area contributed by atoms with Gasteiger partial charge < -0.3 is 9.47 Å². The van der Waals surface area contributed by atoms with Gasteiger partial charge >= 0.3 is 6.03 Å². The maximum absolute atomic E-state index is 13.0. The highest BCUT2D eigenvalue weighted by Gasteiger charge is 2.37. The normalized spacial score (nSPS) is 15.6. The maximum atomic E-state index is 13.0. The van der Waals surface area contributed by atoms with Crippen LogP contribution in [0.4, 0.5) is 10.5 Å². The van der Waals surface area contributed by atoms with Gasteiger partial charge in [0.05, 0.1) is 24.4 Å². The van der Waals surface area contributed by atoms with Gasteiger partial charge in [-0.25, -0.2) is 9.69 Å².